The second-order valence-corrected chi connectivity index (χ2v) is 8.67. The van der Waals surface area contributed by atoms with Crippen molar-refractivity contribution in [3.8, 4) is 5.82 Å². The number of aliphatic hydroxyl groups is 1. The molecule has 2 aliphatic rings. The smallest absolute Gasteiger partial charge is 0.159 e. The summed E-state index contributed by atoms with van der Waals surface area (Å²) in [5, 5.41) is 19.3. The molecule has 1 atom stereocenters. The number of nitrogens with one attached hydrogen (secondary N) is 1. The average molecular weight is 443 g/mol. The minimum absolute atomic E-state index is 0.00254. The van der Waals surface area contributed by atoms with E-state index in [-0.39, 0.29) is 12.7 Å². The molecule has 9 heteroatoms. The van der Waals surface area contributed by atoms with E-state index in [0.29, 0.717) is 24.9 Å². The highest BCUT2D eigenvalue weighted by molar-refractivity contribution is 6.32. The standard InChI is InChI=1S/C22H27ClN6O2/c1-14-26-21(28-6-7-31-17(12-28)13-30)10-22(27-14)29-20-9-18(15-2-4-24-5-3-15)19(23)8-16(20)11-25-29/h8-11,15,17,24,30H,2-7,12-13H2,1H3. The van der Waals surface area contributed by atoms with Crippen molar-refractivity contribution in [3.63, 3.8) is 0 Å². The molecule has 164 valence electrons. The lowest BCUT2D eigenvalue weighted by Gasteiger charge is -2.33. The molecule has 3 aromatic rings. The molecule has 4 heterocycles. The van der Waals surface area contributed by atoms with Gasteiger partial charge in [-0.25, -0.2) is 14.6 Å². The number of halogens is 1. The van der Waals surface area contributed by atoms with Gasteiger partial charge in [-0.15, -0.1) is 0 Å². The van der Waals surface area contributed by atoms with Crippen molar-refractivity contribution in [1.82, 2.24) is 25.1 Å². The summed E-state index contributed by atoms with van der Waals surface area (Å²) in [4.78, 5) is 11.4. The van der Waals surface area contributed by atoms with E-state index >= 15 is 0 Å². The topological polar surface area (TPSA) is 88.3 Å². The van der Waals surface area contributed by atoms with E-state index in [0.717, 1.165) is 60.0 Å². The maximum Gasteiger partial charge on any atom is 0.159 e. The van der Waals surface area contributed by atoms with Gasteiger partial charge in [0.05, 0.1) is 31.0 Å². The molecule has 1 aromatic carbocycles. The first-order chi connectivity index (χ1) is 15.1. The Kier molecular flexibility index (Phi) is 5.79. The van der Waals surface area contributed by atoms with Crippen LogP contribution in [-0.4, -0.2) is 70.4 Å². The van der Waals surface area contributed by atoms with Gasteiger partial charge in [-0.1, -0.05) is 11.6 Å². The highest BCUT2D eigenvalue weighted by atomic mass is 35.5. The molecule has 0 bridgehead atoms. The third kappa shape index (κ3) is 4.13. The van der Waals surface area contributed by atoms with Gasteiger partial charge in [-0.3, -0.25) is 0 Å². The lowest BCUT2D eigenvalue weighted by Crippen LogP contribution is -2.44. The normalized spacial score (nSPS) is 20.5. The van der Waals surface area contributed by atoms with Crippen LogP contribution in [0.5, 0.6) is 0 Å². The Morgan fingerprint density at radius 3 is 2.81 bits per heavy atom. The summed E-state index contributed by atoms with van der Waals surface area (Å²) in [5.74, 6) is 2.67. The first kappa shape index (κ1) is 20.6. The van der Waals surface area contributed by atoms with Crippen LogP contribution in [0, 0.1) is 6.92 Å². The highest BCUT2D eigenvalue weighted by Gasteiger charge is 2.23. The summed E-state index contributed by atoms with van der Waals surface area (Å²) in [6, 6.07) is 6.15. The van der Waals surface area contributed by atoms with Gasteiger partial charge in [0, 0.05) is 29.6 Å². The van der Waals surface area contributed by atoms with E-state index in [1.807, 2.05) is 29.9 Å². The minimum Gasteiger partial charge on any atom is -0.394 e. The van der Waals surface area contributed by atoms with Crippen LogP contribution in [-0.2, 0) is 4.74 Å². The molecule has 2 aromatic heterocycles. The molecule has 2 aliphatic heterocycles. The number of anilines is 1. The molecular weight excluding hydrogens is 416 g/mol. The summed E-state index contributed by atoms with van der Waals surface area (Å²) in [5.41, 5.74) is 2.18. The van der Waals surface area contributed by atoms with Gasteiger partial charge < -0.3 is 20.1 Å². The zero-order valence-electron chi connectivity index (χ0n) is 17.6. The number of piperidine rings is 1. The van der Waals surface area contributed by atoms with Crippen LogP contribution in [0.4, 0.5) is 5.82 Å². The minimum atomic E-state index is -0.201. The van der Waals surface area contributed by atoms with Crippen molar-refractivity contribution < 1.29 is 9.84 Å². The SMILES string of the molecule is Cc1nc(N2CCOC(CO)C2)cc(-n2ncc3cc(Cl)c(C4CCNCC4)cc32)n1. The molecule has 1 unspecified atom stereocenters. The number of benzene rings is 1. The van der Waals surface area contributed by atoms with E-state index in [9.17, 15) is 5.11 Å². The first-order valence-corrected chi connectivity index (χ1v) is 11.2. The molecule has 8 nitrogen and oxygen atoms in total. The van der Waals surface area contributed by atoms with Crippen molar-refractivity contribution >= 4 is 28.3 Å². The van der Waals surface area contributed by atoms with Crippen LogP contribution in [0.25, 0.3) is 16.7 Å². The largest absolute Gasteiger partial charge is 0.394 e. The van der Waals surface area contributed by atoms with E-state index in [4.69, 9.17) is 16.3 Å². The molecule has 2 N–H and O–H groups in total. The van der Waals surface area contributed by atoms with Crippen molar-refractivity contribution in [3.05, 3.63) is 40.8 Å². The van der Waals surface area contributed by atoms with Gasteiger partial charge in [0.1, 0.15) is 11.6 Å². The lowest BCUT2D eigenvalue weighted by atomic mass is 9.90. The molecule has 2 fully saturated rings. The summed E-state index contributed by atoms with van der Waals surface area (Å²) < 4.78 is 7.46. The third-order valence-corrected chi connectivity index (χ3v) is 6.49. The monoisotopic (exact) mass is 442 g/mol. The van der Waals surface area contributed by atoms with Gasteiger partial charge >= 0.3 is 0 Å². The van der Waals surface area contributed by atoms with Gasteiger partial charge in [0.15, 0.2) is 5.82 Å². The summed E-state index contributed by atoms with van der Waals surface area (Å²) in [6.07, 6.45) is 3.80. The Labute approximate surface area is 186 Å². The van der Waals surface area contributed by atoms with Gasteiger partial charge in [0.2, 0.25) is 0 Å². The number of hydrogen-bond acceptors (Lipinski definition) is 7. The zero-order valence-corrected chi connectivity index (χ0v) is 18.3. The van der Waals surface area contributed by atoms with Crippen molar-refractivity contribution in [2.75, 3.05) is 44.3 Å². The van der Waals surface area contributed by atoms with Crippen molar-refractivity contribution in [2.45, 2.75) is 31.8 Å². The molecule has 2 saturated heterocycles. The van der Waals surface area contributed by atoms with E-state index < -0.39 is 0 Å². The Hall–Kier alpha value is -2.26. The molecule has 0 spiro atoms. The van der Waals surface area contributed by atoms with Crippen LogP contribution < -0.4 is 10.2 Å². The van der Waals surface area contributed by atoms with Crippen LogP contribution in [0.1, 0.15) is 30.1 Å². The Bertz CT molecular complexity index is 1080. The predicted octanol–water partition coefficient (Wildman–Crippen LogP) is 2.44. The maximum atomic E-state index is 9.48. The quantitative estimate of drug-likeness (QED) is 0.641. The summed E-state index contributed by atoms with van der Waals surface area (Å²) >= 11 is 6.65. The van der Waals surface area contributed by atoms with E-state index in [1.54, 1.807) is 0 Å². The van der Waals surface area contributed by atoms with E-state index in [2.05, 4.69) is 31.3 Å². The number of aromatic nitrogens is 4. The highest BCUT2D eigenvalue weighted by Crippen LogP contribution is 2.35. The summed E-state index contributed by atoms with van der Waals surface area (Å²) in [6.45, 7) is 5.80. The fourth-order valence-electron chi connectivity index (χ4n) is 4.54. The molecule has 5 rings (SSSR count). The predicted molar refractivity (Wildman–Crippen MR) is 120 cm³/mol. The summed E-state index contributed by atoms with van der Waals surface area (Å²) in [7, 11) is 0. The molecule has 0 radical (unpaired) electrons. The number of ether oxygens (including phenoxy) is 1. The molecule has 0 saturated carbocycles. The maximum absolute atomic E-state index is 9.48. The fraction of sp³-hybridized carbons (Fsp3) is 0.500. The number of aliphatic hydroxyl groups excluding tert-OH is 1. The van der Waals surface area contributed by atoms with E-state index in [1.165, 1.54) is 5.56 Å². The zero-order chi connectivity index (χ0) is 21.4. The molecular formula is C22H27ClN6O2. The number of fused-ring (bicyclic) bond motifs is 1. The molecule has 0 aliphatic carbocycles. The lowest BCUT2D eigenvalue weighted by molar-refractivity contribution is 0.00335. The van der Waals surface area contributed by atoms with Gasteiger partial charge in [-0.2, -0.15) is 5.10 Å². The number of rotatable bonds is 4. The van der Waals surface area contributed by atoms with Gasteiger partial charge in [0.25, 0.3) is 0 Å². The van der Waals surface area contributed by atoms with Crippen LogP contribution in [0.3, 0.4) is 0 Å². The number of morpholine rings is 1. The third-order valence-electron chi connectivity index (χ3n) is 6.16. The average Bonchev–Trinajstić information content (AvgIpc) is 3.21. The second-order valence-electron chi connectivity index (χ2n) is 8.27. The number of hydrogen-bond donors (Lipinski definition) is 2. The first-order valence-electron chi connectivity index (χ1n) is 10.8. The van der Waals surface area contributed by atoms with Gasteiger partial charge in [-0.05, 0) is 56.5 Å². The second kappa shape index (κ2) is 8.70. The van der Waals surface area contributed by atoms with Crippen LogP contribution >= 0.6 is 11.6 Å². The van der Waals surface area contributed by atoms with Crippen LogP contribution in [0.2, 0.25) is 5.02 Å². The van der Waals surface area contributed by atoms with Crippen molar-refractivity contribution in [1.29, 1.82) is 0 Å². The number of aryl methyl sites for hydroxylation is 1. The number of nitrogens with zero attached hydrogens (tertiary/aromatic N) is 5. The van der Waals surface area contributed by atoms with Crippen LogP contribution in [0.15, 0.2) is 24.4 Å². The Balaban J connectivity index is 1.54. The Morgan fingerprint density at radius 1 is 1.19 bits per heavy atom. The van der Waals surface area contributed by atoms with Crippen molar-refractivity contribution in [2.24, 2.45) is 0 Å². The fourth-order valence-corrected chi connectivity index (χ4v) is 4.86. The Morgan fingerprint density at radius 2 is 2.00 bits per heavy atom. The molecule has 31 heavy (non-hydrogen) atoms. The molecule has 0 amide bonds.